The Morgan fingerprint density at radius 1 is 1.00 bits per heavy atom. The molecule has 1 heterocycles. The van der Waals surface area contributed by atoms with Crippen LogP contribution in [0.2, 0.25) is 0 Å². The van der Waals surface area contributed by atoms with Crippen molar-refractivity contribution in [2.75, 3.05) is 30.9 Å². The van der Waals surface area contributed by atoms with Gasteiger partial charge in [-0.3, -0.25) is 9.52 Å². The third-order valence-corrected chi connectivity index (χ3v) is 5.53. The van der Waals surface area contributed by atoms with Gasteiger partial charge >= 0.3 is 0 Å². The Labute approximate surface area is 152 Å². The van der Waals surface area contributed by atoms with Crippen LogP contribution < -0.4 is 10.0 Å². The van der Waals surface area contributed by atoms with Crippen LogP contribution in [0.25, 0.3) is 0 Å². The first-order chi connectivity index (χ1) is 12.5. The SMILES string of the molecule is O=C(c1ccc(NS(=O)(=O)c2ccc(F)cc2)cc1)N1CCCNCC1. The summed E-state index contributed by atoms with van der Waals surface area (Å²) in [7, 11) is -3.81. The first-order valence-corrected chi connectivity index (χ1v) is 9.82. The van der Waals surface area contributed by atoms with Crippen LogP contribution in [0.3, 0.4) is 0 Å². The molecule has 0 saturated carbocycles. The van der Waals surface area contributed by atoms with E-state index in [1.165, 1.54) is 12.1 Å². The standard InChI is InChI=1S/C18H20FN3O3S/c19-15-4-8-17(9-5-15)26(24,25)21-16-6-2-14(3-7-16)18(23)22-12-1-10-20-11-13-22/h2-9,20-21H,1,10-13H2. The summed E-state index contributed by atoms with van der Waals surface area (Å²) in [5, 5.41) is 3.24. The highest BCUT2D eigenvalue weighted by Crippen LogP contribution is 2.18. The van der Waals surface area contributed by atoms with E-state index in [1.54, 1.807) is 29.2 Å². The van der Waals surface area contributed by atoms with Gasteiger partial charge in [0.25, 0.3) is 15.9 Å². The van der Waals surface area contributed by atoms with Gasteiger partial charge in [0.2, 0.25) is 0 Å². The lowest BCUT2D eigenvalue weighted by atomic mass is 10.2. The van der Waals surface area contributed by atoms with Crippen molar-refractivity contribution < 1.29 is 17.6 Å². The molecule has 0 radical (unpaired) electrons. The molecule has 0 aromatic heterocycles. The second kappa shape index (κ2) is 7.84. The molecule has 2 aromatic carbocycles. The highest BCUT2D eigenvalue weighted by molar-refractivity contribution is 7.92. The van der Waals surface area contributed by atoms with E-state index in [0.717, 1.165) is 31.6 Å². The second-order valence-corrected chi connectivity index (χ2v) is 7.71. The molecule has 1 amide bonds. The Hall–Kier alpha value is -2.45. The topological polar surface area (TPSA) is 78.5 Å². The number of sulfonamides is 1. The summed E-state index contributed by atoms with van der Waals surface area (Å²) in [6, 6.07) is 10.9. The van der Waals surface area contributed by atoms with Crippen molar-refractivity contribution >= 4 is 21.6 Å². The van der Waals surface area contributed by atoms with E-state index in [2.05, 4.69) is 10.0 Å². The molecule has 6 nitrogen and oxygen atoms in total. The fraction of sp³-hybridized carbons (Fsp3) is 0.278. The molecule has 1 aliphatic rings. The lowest BCUT2D eigenvalue weighted by Crippen LogP contribution is -2.34. The summed E-state index contributed by atoms with van der Waals surface area (Å²) in [5.74, 6) is -0.572. The van der Waals surface area contributed by atoms with Crippen molar-refractivity contribution in [2.24, 2.45) is 0 Å². The minimum atomic E-state index is -3.81. The Bertz CT molecular complexity index is 860. The second-order valence-electron chi connectivity index (χ2n) is 6.03. The van der Waals surface area contributed by atoms with E-state index < -0.39 is 15.8 Å². The van der Waals surface area contributed by atoms with E-state index in [-0.39, 0.29) is 10.8 Å². The number of nitrogens with zero attached hydrogens (tertiary/aromatic N) is 1. The Morgan fingerprint density at radius 2 is 1.69 bits per heavy atom. The predicted octanol–water partition coefficient (Wildman–Crippen LogP) is 2.06. The van der Waals surface area contributed by atoms with Gasteiger partial charge in [-0.1, -0.05) is 0 Å². The van der Waals surface area contributed by atoms with Crippen molar-refractivity contribution in [3.63, 3.8) is 0 Å². The fourth-order valence-electron chi connectivity index (χ4n) is 2.74. The zero-order valence-electron chi connectivity index (χ0n) is 14.1. The zero-order valence-corrected chi connectivity index (χ0v) is 14.9. The third kappa shape index (κ3) is 4.39. The lowest BCUT2D eigenvalue weighted by molar-refractivity contribution is 0.0766. The fourth-order valence-corrected chi connectivity index (χ4v) is 3.80. The molecule has 0 atom stereocenters. The monoisotopic (exact) mass is 377 g/mol. The minimum absolute atomic E-state index is 0.0314. The van der Waals surface area contributed by atoms with Gasteiger partial charge in [-0.15, -0.1) is 0 Å². The predicted molar refractivity (Wildman–Crippen MR) is 97.0 cm³/mol. The molecular weight excluding hydrogens is 357 g/mol. The highest BCUT2D eigenvalue weighted by atomic mass is 32.2. The number of hydrogen-bond acceptors (Lipinski definition) is 4. The number of carbonyl (C=O) groups is 1. The average molecular weight is 377 g/mol. The van der Waals surface area contributed by atoms with Crippen molar-refractivity contribution in [3.8, 4) is 0 Å². The number of carbonyl (C=O) groups excluding carboxylic acids is 1. The zero-order chi connectivity index (χ0) is 18.6. The van der Waals surface area contributed by atoms with Gasteiger partial charge in [-0.05, 0) is 61.5 Å². The average Bonchev–Trinajstić information content (AvgIpc) is 2.91. The van der Waals surface area contributed by atoms with Crippen LogP contribution in [0, 0.1) is 5.82 Å². The number of hydrogen-bond donors (Lipinski definition) is 2. The molecule has 1 saturated heterocycles. The van der Waals surface area contributed by atoms with E-state index in [4.69, 9.17) is 0 Å². The van der Waals surface area contributed by atoms with Crippen LogP contribution in [0.1, 0.15) is 16.8 Å². The molecule has 3 rings (SSSR count). The first-order valence-electron chi connectivity index (χ1n) is 8.34. The molecule has 0 spiro atoms. The Kier molecular flexibility index (Phi) is 5.53. The smallest absolute Gasteiger partial charge is 0.261 e. The molecule has 138 valence electrons. The van der Waals surface area contributed by atoms with Crippen molar-refractivity contribution in [2.45, 2.75) is 11.3 Å². The first kappa shape index (κ1) is 18.3. The summed E-state index contributed by atoms with van der Waals surface area (Å²) in [4.78, 5) is 14.3. The molecule has 0 bridgehead atoms. The summed E-state index contributed by atoms with van der Waals surface area (Å²) >= 11 is 0. The van der Waals surface area contributed by atoms with E-state index in [9.17, 15) is 17.6 Å². The van der Waals surface area contributed by atoms with Crippen molar-refractivity contribution in [1.82, 2.24) is 10.2 Å². The van der Waals surface area contributed by atoms with Crippen molar-refractivity contribution in [3.05, 3.63) is 59.9 Å². The number of halogens is 1. The lowest BCUT2D eigenvalue weighted by Gasteiger charge is -2.20. The quantitative estimate of drug-likeness (QED) is 0.855. The van der Waals surface area contributed by atoms with Crippen LogP contribution in [0.15, 0.2) is 53.4 Å². The number of amides is 1. The minimum Gasteiger partial charge on any atom is -0.337 e. The number of rotatable bonds is 4. The summed E-state index contributed by atoms with van der Waals surface area (Å²) in [6.45, 7) is 3.01. The van der Waals surface area contributed by atoms with Gasteiger partial charge in [-0.2, -0.15) is 0 Å². The maximum absolute atomic E-state index is 12.9. The van der Waals surface area contributed by atoms with E-state index >= 15 is 0 Å². The third-order valence-electron chi connectivity index (χ3n) is 4.14. The van der Waals surface area contributed by atoms with Crippen LogP contribution in [0.5, 0.6) is 0 Å². The molecule has 26 heavy (non-hydrogen) atoms. The largest absolute Gasteiger partial charge is 0.337 e. The highest BCUT2D eigenvalue weighted by Gasteiger charge is 2.18. The molecule has 2 aromatic rings. The number of benzene rings is 2. The van der Waals surface area contributed by atoms with Gasteiger partial charge in [0.1, 0.15) is 5.82 Å². The van der Waals surface area contributed by atoms with Crippen LogP contribution >= 0.6 is 0 Å². The molecule has 2 N–H and O–H groups in total. The molecular formula is C18H20FN3O3S. The molecule has 0 unspecified atom stereocenters. The van der Waals surface area contributed by atoms with E-state index in [0.29, 0.717) is 24.3 Å². The summed E-state index contributed by atoms with van der Waals surface area (Å²) in [6.07, 6.45) is 0.904. The Balaban J connectivity index is 1.71. The molecule has 0 aliphatic carbocycles. The maximum Gasteiger partial charge on any atom is 0.261 e. The number of anilines is 1. The molecule has 1 aliphatic heterocycles. The molecule has 8 heteroatoms. The van der Waals surface area contributed by atoms with Crippen LogP contribution in [-0.2, 0) is 10.0 Å². The maximum atomic E-state index is 12.9. The van der Waals surface area contributed by atoms with Crippen LogP contribution in [0.4, 0.5) is 10.1 Å². The van der Waals surface area contributed by atoms with Gasteiger partial charge in [0.15, 0.2) is 0 Å². The molecule has 1 fully saturated rings. The van der Waals surface area contributed by atoms with Gasteiger partial charge < -0.3 is 10.2 Å². The van der Waals surface area contributed by atoms with Gasteiger partial charge in [-0.25, -0.2) is 12.8 Å². The number of nitrogens with one attached hydrogen (secondary N) is 2. The van der Waals surface area contributed by atoms with Crippen molar-refractivity contribution in [1.29, 1.82) is 0 Å². The van der Waals surface area contributed by atoms with Crippen LogP contribution in [-0.4, -0.2) is 45.4 Å². The summed E-state index contributed by atoms with van der Waals surface area (Å²) in [5.41, 5.74) is 0.847. The Morgan fingerprint density at radius 3 is 2.38 bits per heavy atom. The van der Waals surface area contributed by atoms with E-state index in [1.807, 2.05) is 0 Å². The normalized spacial score (nSPS) is 15.3. The summed E-state index contributed by atoms with van der Waals surface area (Å²) < 4.78 is 40.0. The van der Waals surface area contributed by atoms with Gasteiger partial charge in [0.05, 0.1) is 4.90 Å². The van der Waals surface area contributed by atoms with Gasteiger partial charge in [0, 0.05) is 30.9 Å².